The molecule has 2 aromatic carbocycles. The van der Waals surface area contributed by atoms with Crippen molar-refractivity contribution in [1.82, 2.24) is 10.2 Å². The summed E-state index contributed by atoms with van der Waals surface area (Å²) in [5, 5.41) is 8.86. The zero-order valence-electron chi connectivity index (χ0n) is 14.1. The molecule has 0 radical (unpaired) electrons. The molecule has 0 aliphatic heterocycles. The zero-order chi connectivity index (χ0) is 20.1. The first-order chi connectivity index (χ1) is 13.2. The molecule has 0 atom stereocenters. The number of hydrogen-bond donors (Lipinski definition) is 2. The van der Waals surface area contributed by atoms with Gasteiger partial charge in [-0.1, -0.05) is 36.4 Å². The van der Waals surface area contributed by atoms with Crippen LogP contribution in [0.1, 0.15) is 11.1 Å². The normalized spacial score (nSPS) is 13.2. The first-order valence-corrected chi connectivity index (χ1v) is 8.20. The number of carbonyl (C=O) groups excluding carboxylic acids is 1. The van der Waals surface area contributed by atoms with Gasteiger partial charge in [0, 0.05) is 28.8 Å². The maximum atomic E-state index is 13.0. The third-order valence-electron chi connectivity index (χ3n) is 4.58. The number of halogens is 5. The number of H-pyrrole nitrogens is 1. The molecule has 0 bridgehead atoms. The lowest BCUT2D eigenvalue weighted by Crippen LogP contribution is -2.47. The fourth-order valence-electron chi connectivity index (χ4n) is 3.16. The van der Waals surface area contributed by atoms with Crippen LogP contribution in [0.2, 0.25) is 0 Å². The van der Waals surface area contributed by atoms with Crippen LogP contribution in [0.5, 0.6) is 0 Å². The number of benzene rings is 2. The van der Waals surface area contributed by atoms with Gasteiger partial charge in [-0.2, -0.15) is 27.1 Å². The lowest BCUT2D eigenvalue weighted by atomic mass is 10.1. The van der Waals surface area contributed by atoms with Crippen molar-refractivity contribution in [1.29, 1.82) is 0 Å². The zero-order valence-corrected chi connectivity index (χ0v) is 14.1. The summed E-state index contributed by atoms with van der Waals surface area (Å²) < 4.78 is 62.8. The number of aromatic nitrogens is 2. The SMILES string of the molecule is O=C(Nc1ccc(-c2n[nH]c3c2Cc2ccccc2-3)cc1)C(F)(F)C(F)(F)F. The summed E-state index contributed by atoms with van der Waals surface area (Å²) in [6, 6.07) is 13.3. The number of hydrogen-bond acceptors (Lipinski definition) is 2. The first kappa shape index (κ1) is 18.1. The molecular formula is C19H12F5N3O. The molecular weight excluding hydrogens is 381 g/mol. The van der Waals surface area contributed by atoms with E-state index < -0.39 is 18.0 Å². The second-order valence-corrected chi connectivity index (χ2v) is 6.36. The Hall–Kier alpha value is -3.23. The average Bonchev–Trinajstić information content (AvgIpc) is 3.20. The summed E-state index contributed by atoms with van der Waals surface area (Å²) in [6.45, 7) is 0. The van der Waals surface area contributed by atoms with E-state index in [9.17, 15) is 26.7 Å². The molecule has 1 aromatic heterocycles. The van der Waals surface area contributed by atoms with Crippen LogP contribution in [-0.4, -0.2) is 28.2 Å². The molecule has 1 amide bonds. The van der Waals surface area contributed by atoms with Gasteiger partial charge in [-0.15, -0.1) is 0 Å². The highest BCUT2D eigenvalue weighted by molar-refractivity contribution is 5.97. The van der Waals surface area contributed by atoms with Crippen LogP contribution in [0.15, 0.2) is 48.5 Å². The largest absolute Gasteiger partial charge is 0.463 e. The maximum Gasteiger partial charge on any atom is 0.463 e. The summed E-state index contributed by atoms with van der Waals surface area (Å²) >= 11 is 0. The van der Waals surface area contributed by atoms with Crippen LogP contribution in [0.25, 0.3) is 22.5 Å². The molecule has 1 aliphatic rings. The average molecular weight is 393 g/mol. The van der Waals surface area contributed by atoms with Gasteiger partial charge in [-0.25, -0.2) is 0 Å². The minimum atomic E-state index is -5.96. The molecule has 0 spiro atoms. The van der Waals surface area contributed by atoms with Crippen LogP contribution in [-0.2, 0) is 11.2 Å². The van der Waals surface area contributed by atoms with Crippen LogP contribution in [0.4, 0.5) is 27.6 Å². The number of carbonyl (C=O) groups is 1. The smallest absolute Gasteiger partial charge is 0.321 e. The molecule has 1 aliphatic carbocycles. The summed E-state index contributed by atoms with van der Waals surface area (Å²) in [7, 11) is 0. The molecule has 144 valence electrons. The fourth-order valence-corrected chi connectivity index (χ4v) is 3.16. The van der Waals surface area contributed by atoms with E-state index in [4.69, 9.17) is 0 Å². The Labute approximate surface area is 155 Å². The number of amides is 1. The summed E-state index contributed by atoms with van der Waals surface area (Å²) in [4.78, 5) is 11.3. The predicted octanol–water partition coefficient (Wildman–Crippen LogP) is 4.78. The van der Waals surface area contributed by atoms with E-state index >= 15 is 0 Å². The summed E-state index contributed by atoms with van der Waals surface area (Å²) in [5.74, 6) is -7.90. The van der Waals surface area contributed by atoms with Crippen LogP contribution in [0.3, 0.4) is 0 Å². The minimum Gasteiger partial charge on any atom is -0.321 e. The summed E-state index contributed by atoms with van der Waals surface area (Å²) in [6.07, 6.45) is -5.28. The molecule has 1 heterocycles. The molecule has 0 fully saturated rings. The van der Waals surface area contributed by atoms with Gasteiger partial charge in [0.2, 0.25) is 0 Å². The molecule has 9 heteroatoms. The van der Waals surface area contributed by atoms with E-state index in [0.29, 0.717) is 17.7 Å². The second-order valence-electron chi connectivity index (χ2n) is 6.36. The van der Waals surface area contributed by atoms with Gasteiger partial charge in [0.25, 0.3) is 0 Å². The van der Waals surface area contributed by atoms with Crippen molar-refractivity contribution in [2.45, 2.75) is 18.5 Å². The molecule has 4 rings (SSSR count). The Morgan fingerprint density at radius 1 is 1.00 bits per heavy atom. The van der Waals surface area contributed by atoms with E-state index in [0.717, 1.165) is 22.4 Å². The molecule has 0 unspecified atom stereocenters. The Bertz CT molecular complexity index is 1050. The number of anilines is 1. The van der Waals surface area contributed by atoms with Crippen LogP contribution in [0, 0.1) is 0 Å². The Balaban J connectivity index is 1.56. The molecule has 3 aromatic rings. The van der Waals surface area contributed by atoms with E-state index in [-0.39, 0.29) is 5.69 Å². The van der Waals surface area contributed by atoms with E-state index in [1.807, 2.05) is 24.3 Å². The number of fused-ring (bicyclic) bond motifs is 3. The molecule has 0 saturated carbocycles. The number of nitrogens with one attached hydrogen (secondary N) is 2. The van der Waals surface area contributed by atoms with Gasteiger partial charge in [0.05, 0.1) is 11.4 Å². The second kappa shape index (κ2) is 6.15. The number of rotatable bonds is 3. The lowest BCUT2D eigenvalue weighted by Gasteiger charge is -2.18. The summed E-state index contributed by atoms with van der Waals surface area (Å²) in [5.41, 5.74) is 5.19. The van der Waals surface area contributed by atoms with Gasteiger partial charge < -0.3 is 5.32 Å². The van der Waals surface area contributed by atoms with Crippen molar-refractivity contribution in [3.05, 3.63) is 59.7 Å². The van der Waals surface area contributed by atoms with Gasteiger partial charge >= 0.3 is 18.0 Å². The highest BCUT2D eigenvalue weighted by atomic mass is 19.4. The van der Waals surface area contributed by atoms with Gasteiger partial charge in [-0.05, 0) is 17.7 Å². The molecule has 2 N–H and O–H groups in total. The van der Waals surface area contributed by atoms with Gasteiger partial charge in [0.1, 0.15) is 0 Å². The standard InChI is InChI=1S/C19H12F5N3O/c20-18(21,19(22,23)24)17(28)25-12-7-5-10(6-8-12)15-14-9-11-3-1-2-4-13(11)16(14)27-26-15/h1-8H,9H2,(H,25,28)(H,26,27). The quantitative estimate of drug-likeness (QED) is 0.492. The van der Waals surface area contributed by atoms with Crippen molar-refractivity contribution < 1.29 is 26.7 Å². The molecule has 4 nitrogen and oxygen atoms in total. The Kier molecular flexibility index (Phi) is 3.99. The predicted molar refractivity (Wildman–Crippen MR) is 91.9 cm³/mol. The lowest BCUT2D eigenvalue weighted by molar-refractivity contribution is -0.267. The van der Waals surface area contributed by atoms with Crippen LogP contribution < -0.4 is 5.32 Å². The Morgan fingerprint density at radius 3 is 2.36 bits per heavy atom. The number of aromatic amines is 1. The van der Waals surface area contributed by atoms with E-state index in [1.165, 1.54) is 24.3 Å². The van der Waals surface area contributed by atoms with Crippen molar-refractivity contribution in [3.63, 3.8) is 0 Å². The van der Waals surface area contributed by atoms with Gasteiger partial charge in [0.15, 0.2) is 0 Å². The number of alkyl halides is 5. The van der Waals surface area contributed by atoms with E-state index in [2.05, 4.69) is 10.2 Å². The van der Waals surface area contributed by atoms with Gasteiger partial charge in [-0.3, -0.25) is 9.89 Å². The van der Waals surface area contributed by atoms with Crippen molar-refractivity contribution in [2.75, 3.05) is 5.32 Å². The maximum absolute atomic E-state index is 13.0. The number of nitrogens with zero attached hydrogens (tertiary/aromatic N) is 1. The highest BCUT2D eigenvalue weighted by Gasteiger charge is 2.63. The first-order valence-electron chi connectivity index (χ1n) is 8.20. The van der Waals surface area contributed by atoms with Crippen molar-refractivity contribution in [2.24, 2.45) is 0 Å². The minimum absolute atomic E-state index is 0.173. The monoisotopic (exact) mass is 393 g/mol. The van der Waals surface area contributed by atoms with Crippen molar-refractivity contribution >= 4 is 11.6 Å². The third-order valence-corrected chi connectivity index (χ3v) is 4.58. The molecule has 0 saturated heterocycles. The fraction of sp³-hybridized carbons (Fsp3) is 0.158. The van der Waals surface area contributed by atoms with E-state index in [1.54, 1.807) is 5.32 Å². The Morgan fingerprint density at radius 2 is 1.68 bits per heavy atom. The van der Waals surface area contributed by atoms with Crippen molar-refractivity contribution in [3.8, 4) is 22.5 Å². The molecule has 28 heavy (non-hydrogen) atoms. The highest BCUT2D eigenvalue weighted by Crippen LogP contribution is 2.40. The van der Waals surface area contributed by atoms with Crippen LogP contribution >= 0.6 is 0 Å². The topological polar surface area (TPSA) is 57.8 Å². The third kappa shape index (κ3) is 2.83.